The van der Waals surface area contributed by atoms with Crippen LogP contribution < -0.4 is 5.73 Å². The monoisotopic (exact) mass is 190 g/mol. The van der Waals surface area contributed by atoms with Crippen molar-refractivity contribution in [1.82, 2.24) is 4.98 Å². The number of hydrogen-bond acceptors (Lipinski definition) is 2. The first-order valence-electron chi connectivity index (χ1n) is 3.24. The fourth-order valence-corrected chi connectivity index (χ4v) is 1.06. The van der Waals surface area contributed by atoms with E-state index in [1.54, 1.807) is 12.3 Å². The Morgan fingerprint density at radius 2 is 2.18 bits per heavy atom. The van der Waals surface area contributed by atoms with Gasteiger partial charge in [-0.05, 0) is 24.6 Å². The standard InChI is InChI=1S/C7H8Cl2N2/c8-6-3-5(1-2-10)4-11-7(6)9/h3-4H,1-2,10H2. The maximum Gasteiger partial charge on any atom is 0.147 e. The summed E-state index contributed by atoms with van der Waals surface area (Å²) in [6, 6.07) is 1.78. The van der Waals surface area contributed by atoms with E-state index in [0.717, 1.165) is 12.0 Å². The van der Waals surface area contributed by atoms with E-state index >= 15 is 0 Å². The van der Waals surface area contributed by atoms with Gasteiger partial charge in [0, 0.05) is 6.20 Å². The first-order valence-corrected chi connectivity index (χ1v) is 3.99. The second-order valence-electron chi connectivity index (χ2n) is 2.15. The summed E-state index contributed by atoms with van der Waals surface area (Å²) < 4.78 is 0. The quantitative estimate of drug-likeness (QED) is 0.725. The van der Waals surface area contributed by atoms with E-state index < -0.39 is 0 Å². The molecule has 0 aromatic carbocycles. The topological polar surface area (TPSA) is 38.9 Å². The van der Waals surface area contributed by atoms with Gasteiger partial charge < -0.3 is 5.73 Å². The largest absolute Gasteiger partial charge is 0.330 e. The maximum absolute atomic E-state index is 5.71. The molecule has 1 heterocycles. The average Bonchev–Trinajstić information content (AvgIpc) is 1.98. The Labute approximate surface area is 75.3 Å². The van der Waals surface area contributed by atoms with Crippen LogP contribution in [0.3, 0.4) is 0 Å². The Hall–Kier alpha value is -0.310. The molecular formula is C7H8Cl2N2. The van der Waals surface area contributed by atoms with E-state index in [9.17, 15) is 0 Å². The van der Waals surface area contributed by atoms with Crippen LogP contribution in [-0.2, 0) is 6.42 Å². The van der Waals surface area contributed by atoms with Crippen LogP contribution in [0.4, 0.5) is 0 Å². The molecule has 2 N–H and O–H groups in total. The van der Waals surface area contributed by atoms with Crippen molar-refractivity contribution in [2.45, 2.75) is 6.42 Å². The lowest BCUT2D eigenvalue weighted by molar-refractivity contribution is 0.959. The van der Waals surface area contributed by atoms with Crippen LogP contribution >= 0.6 is 23.2 Å². The molecule has 0 aliphatic heterocycles. The fourth-order valence-electron chi connectivity index (χ4n) is 0.764. The summed E-state index contributed by atoms with van der Waals surface area (Å²) in [6.07, 6.45) is 2.46. The minimum absolute atomic E-state index is 0.340. The predicted octanol–water partition coefficient (Wildman–Crippen LogP) is 1.89. The Kier molecular flexibility index (Phi) is 3.12. The predicted molar refractivity (Wildman–Crippen MR) is 47.0 cm³/mol. The van der Waals surface area contributed by atoms with Crippen LogP contribution in [-0.4, -0.2) is 11.5 Å². The molecule has 1 aromatic heterocycles. The average molecular weight is 191 g/mol. The van der Waals surface area contributed by atoms with Crippen molar-refractivity contribution in [2.24, 2.45) is 5.73 Å². The zero-order valence-corrected chi connectivity index (χ0v) is 7.36. The zero-order chi connectivity index (χ0) is 8.27. The molecule has 0 aliphatic rings. The summed E-state index contributed by atoms with van der Waals surface area (Å²) >= 11 is 11.3. The normalized spacial score (nSPS) is 10.1. The van der Waals surface area contributed by atoms with Gasteiger partial charge in [-0.25, -0.2) is 4.98 Å². The van der Waals surface area contributed by atoms with Gasteiger partial charge in [0.15, 0.2) is 0 Å². The van der Waals surface area contributed by atoms with Gasteiger partial charge in [0.1, 0.15) is 5.15 Å². The van der Waals surface area contributed by atoms with Gasteiger partial charge >= 0.3 is 0 Å². The molecule has 0 saturated carbocycles. The molecule has 0 fully saturated rings. The van der Waals surface area contributed by atoms with Crippen LogP contribution in [0, 0.1) is 0 Å². The molecule has 0 aliphatic carbocycles. The molecule has 0 bridgehead atoms. The highest BCUT2D eigenvalue weighted by Crippen LogP contribution is 2.19. The van der Waals surface area contributed by atoms with Crippen molar-refractivity contribution in [2.75, 3.05) is 6.54 Å². The van der Waals surface area contributed by atoms with Gasteiger partial charge in [0.25, 0.3) is 0 Å². The second-order valence-corrected chi connectivity index (χ2v) is 2.92. The molecule has 11 heavy (non-hydrogen) atoms. The zero-order valence-electron chi connectivity index (χ0n) is 5.85. The lowest BCUT2D eigenvalue weighted by atomic mass is 10.2. The first-order chi connectivity index (χ1) is 5.24. The van der Waals surface area contributed by atoms with Crippen LogP contribution in [0.15, 0.2) is 12.3 Å². The van der Waals surface area contributed by atoms with E-state index in [1.165, 1.54) is 0 Å². The van der Waals surface area contributed by atoms with Gasteiger partial charge in [-0.15, -0.1) is 0 Å². The Balaban J connectivity index is 2.86. The molecule has 0 saturated heterocycles. The molecule has 0 amide bonds. The first kappa shape index (κ1) is 8.78. The summed E-state index contributed by atoms with van der Waals surface area (Å²) in [4.78, 5) is 3.88. The van der Waals surface area contributed by atoms with Crippen molar-refractivity contribution in [1.29, 1.82) is 0 Å². The number of nitrogens with two attached hydrogens (primary N) is 1. The summed E-state index contributed by atoms with van der Waals surface area (Å²) in [6.45, 7) is 0.597. The van der Waals surface area contributed by atoms with Gasteiger partial charge in [-0.3, -0.25) is 0 Å². The third-order valence-electron chi connectivity index (χ3n) is 1.29. The second kappa shape index (κ2) is 3.90. The molecule has 0 unspecified atom stereocenters. The van der Waals surface area contributed by atoms with Gasteiger partial charge in [0.2, 0.25) is 0 Å². The number of rotatable bonds is 2. The molecule has 0 atom stereocenters. The highest BCUT2D eigenvalue weighted by molar-refractivity contribution is 6.41. The van der Waals surface area contributed by atoms with E-state index in [0.29, 0.717) is 16.7 Å². The van der Waals surface area contributed by atoms with E-state index in [2.05, 4.69) is 4.98 Å². The van der Waals surface area contributed by atoms with Crippen molar-refractivity contribution >= 4 is 23.2 Å². The van der Waals surface area contributed by atoms with Crippen LogP contribution in [0.1, 0.15) is 5.56 Å². The molecule has 1 aromatic rings. The summed E-state index contributed by atoms with van der Waals surface area (Å²) in [5.74, 6) is 0. The van der Waals surface area contributed by atoms with Crippen molar-refractivity contribution < 1.29 is 0 Å². The molecule has 1 rings (SSSR count). The van der Waals surface area contributed by atoms with Gasteiger partial charge in [0.05, 0.1) is 5.02 Å². The van der Waals surface area contributed by atoms with Crippen molar-refractivity contribution in [3.8, 4) is 0 Å². The van der Waals surface area contributed by atoms with Crippen LogP contribution in [0.2, 0.25) is 10.2 Å². The smallest absolute Gasteiger partial charge is 0.147 e. The van der Waals surface area contributed by atoms with Crippen molar-refractivity contribution in [3.63, 3.8) is 0 Å². The fraction of sp³-hybridized carbons (Fsp3) is 0.286. The lowest BCUT2D eigenvalue weighted by Crippen LogP contribution is -2.02. The third kappa shape index (κ3) is 2.33. The summed E-state index contributed by atoms with van der Waals surface area (Å²) in [5, 5.41) is 0.824. The third-order valence-corrected chi connectivity index (χ3v) is 1.97. The minimum atomic E-state index is 0.340. The highest BCUT2D eigenvalue weighted by Gasteiger charge is 1.99. The molecular weight excluding hydrogens is 183 g/mol. The van der Waals surface area contributed by atoms with Crippen LogP contribution in [0.5, 0.6) is 0 Å². The maximum atomic E-state index is 5.71. The minimum Gasteiger partial charge on any atom is -0.330 e. The molecule has 60 valence electrons. The summed E-state index contributed by atoms with van der Waals surface area (Å²) in [5.41, 5.74) is 6.36. The summed E-state index contributed by atoms with van der Waals surface area (Å²) in [7, 11) is 0. The Morgan fingerprint density at radius 3 is 2.73 bits per heavy atom. The SMILES string of the molecule is NCCc1cnc(Cl)c(Cl)c1. The molecule has 0 radical (unpaired) electrons. The van der Waals surface area contributed by atoms with Gasteiger partial charge in [-0.1, -0.05) is 23.2 Å². The Bertz CT molecular complexity index is 250. The number of pyridine rings is 1. The number of halogens is 2. The van der Waals surface area contributed by atoms with Gasteiger partial charge in [-0.2, -0.15) is 0 Å². The lowest BCUT2D eigenvalue weighted by Gasteiger charge is -1.98. The van der Waals surface area contributed by atoms with E-state index in [1.807, 2.05) is 0 Å². The van der Waals surface area contributed by atoms with Crippen LogP contribution in [0.25, 0.3) is 0 Å². The molecule has 0 spiro atoms. The number of hydrogen-bond donors (Lipinski definition) is 1. The molecule has 2 nitrogen and oxygen atoms in total. The molecule has 4 heteroatoms. The Morgan fingerprint density at radius 1 is 1.45 bits per heavy atom. The number of nitrogens with zero attached hydrogens (tertiary/aromatic N) is 1. The van der Waals surface area contributed by atoms with Crippen molar-refractivity contribution in [3.05, 3.63) is 28.0 Å². The number of aromatic nitrogens is 1. The van der Waals surface area contributed by atoms with E-state index in [-0.39, 0.29) is 0 Å². The highest BCUT2D eigenvalue weighted by atomic mass is 35.5. The van der Waals surface area contributed by atoms with E-state index in [4.69, 9.17) is 28.9 Å².